The molecule has 1 saturated heterocycles. The zero-order chi connectivity index (χ0) is 21.3. The summed E-state index contributed by atoms with van der Waals surface area (Å²) in [4.78, 5) is 10.6. The molecule has 0 spiro atoms. The van der Waals surface area contributed by atoms with E-state index in [1.807, 2.05) is 34.6 Å². The summed E-state index contributed by atoms with van der Waals surface area (Å²) in [5.41, 5.74) is 0. The van der Waals surface area contributed by atoms with Gasteiger partial charge in [0.1, 0.15) is 12.2 Å². The van der Waals surface area contributed by atoms with Crippen LogP contribution in [-0.2, 0) is 32.3 Å². The van der Waals surface area contributed by atoms with Crippen LogP contribution in [0.2, 0.25) is 6.04 Å². The lowest BCUT2D eigenvalue weighted by Gasteiger charge is -2.28. The van der Waals surface area contributed by atoms with Gasteiger partial charge in [-0.25, -0.2) is 4.79 Å². The van der Waals surface area contributed by atoms with Crippen molar-refractivity contribution in [1.82, 2.24) is 0 Å². The van der Waals surface area contributed by atoms with E-state index in [4.69, 9.17) is 27.5 Å². The molecule has 0 bridgehead atoms. The van der Waals surface area contributed by atoms with E-state index in [0.717, 1.165) is 31.9 Å². The lowest BCUT2D eigenvalue weighted by atomic mass is 10.2. The third kappa shape index (κ3) is 13.4. The number of ether oxygens (including phenoxy) is 3. The van der Waals surface area contributed by atoms with Crippen molar-refractivity contribution in [2.24, 2.45) is 0 Å². The third-order valence-corrected chi connectivity index (χ3v) is 7.08. The van der Waals surface area contributed by atoms with Gasteiger partial charge in [0.15, 0.2) is 0 Å². The van der Waals surface area contributed by atoms with Crippen molar-refractivity contribution in [3.05, 3.63) is 12.7 Å². The van der Waals surface area contributed by atoms with Gasteiger partial charge in [-0.3, -0.25) is 0 Å². The number of esters is 1. The van der Waals surface area contributed by atoms with Gasteiger partial charge in [0.05, 0.1) is 13.2 Å². The van der Waals surface area contributed by atoms with E-state index in [-0.39, 0.29) is 12.1 Å². The van der Waals surface area contributed by atoms with Gasteiger partial charge in [-0.05, 0) is 40.0 Å². The van der Waals surface area contributed by atoms with Crippen molar-refractivity contribution in [3.63, 3.8) is 0 Å². The van der Waals surface area contributed by atoms with Gasteiger partial charge in [0, 0.05) is 38.5 Å². The summed E-state index contributed by atoms with van der Waals surface area (Å²) in [6, 6.07) is 0.814. The molecule has 0 amide bonds. The first-order valence-electron chi connectivity index (χ1n) is 10.4. The molecule has 0 aromatic rings. The Kier molecular flexibility index (Phi) is 16.6. The lowest BCUT2D eigenvalue weighted by molar-refractivity contribution is -0.143. The molecule has 7 nitrogen and oxygen atoms in total. The number of carbonyl (C=O) groups excluding carboxylic acids is 1. The molecule has 0 radical (unpaired) electrons. The Balaban J connectivity index is 0.000000621. The summed E-state index contributed by atoms with van der Waals surface area (Å²) in [6.45, 7) is 17.3. The van der Waals surface area contributed by atoms with Crippen LogP contribution in [0.15, 0.2) is 12.7 Å². The van der Waals surface area contributed by atoms with E-state index in [1.165, 1.54) is 6.08 Å². The molecule has 28 heavy (non-hydrogen) atoms. The molecule has 0 aromatic carbocycles. The molecule has 166 valence electrons. The Bertz CT molecular complexity index is 381. The molecule has 1 heterocycles. The molecule has 1 aliphatic rings. The van der Waals surface area contributed by atoms with E-state index >= 15 is 0 Å². The minimum Gasteiger partial charge on any atom is -0.459 e. The molecule has 8 heteroatoms. The summed E-state index contributed by atoms with van der Waals surface area (Å²) < 4.78 is 32.8. The van der Waals surface area contributed by atoms with Crippen LogP contribution in [0.3, 0.4) is 0 Å². The lowest BCUT2D eigenvalue weighted by Crippen LogP contribution is -2.46. The number of carbonyl (C=O) groups is 1. The fourth-order valence-corrected chi connectivity index (χ4v) is 5.02. The van der Waals surface area contributed by atoms with E-state index in [9.17, 15) is 4.79 Å². The summed E-state index contributed by atoms with van der Waals surface area (Å²) in [6.07, 6.45) is 4.23. The van der Waals surface area contributed by atoms with Crippen LogP contribution in [0.25, 0.3) is 0 Å². The van der Waals surface area contributed by atoms with Gasteiger partial charge in [0.2, 0.25) is 0 Å². The number of hydrogen-bond acceptors (Lipinski definition) is 7. The SMILES string of the molecule is C=CC(=O)OC(CC)CC.CCO[Si](CCCOCC1CO1)(OCC)OCC. The first-order valence-corrected chi connectivity index (χ1v) is 12.4. The van der Waals surface area contributed by atoms with Crippen LogP contribution in [0.1, 0.15) is 53.9 Å². The van der Waals surface area contributed by atoms with Crippen molar-refractivity contribution in [1.29, 1.82) is 0 Å². The Morgan fingerprint density at radius 2 is 1.64 bits per heavy atom. The molecule has 1 unspecified atom stereocenters. The van der Waals surface area contributed by atoms with Gasteiger partial charge in [-0.15, -0.1) is 0 Å². The second-order valence-corrected chi connectivity index (χ2v) is 8.93. The van der Waals surface area contributed by atoms with Crippen LogP contribution in [0.4, 0.5) is 0 Å². The minimum absolute atomic E-state index is 0.0606. The van der Waals surface area contributed by atoms with Gasteiger partial charge < -0.3 is 27.5 Å². The van der Waals surface area contributed by atoms with Gasteiger partial charge in [-0.2, -0.15) is 0 Å². The molecule has 1 atom stereocenters. The van der Waals surface area contributed by atoms with Crippen LogP contribution in [0, 0.1) is 0 Å². The van der Waals surface area contributed by atoms with Crippen molar-refractivity contribution in [2.45, 2.75) is 72.1 Å². The summed E-state index contributed by atoms with van der Waals surface area (Å²) in [5, 5.41) is 0. The molecular formula is C20H40O7Si. The van der Waals surface area contributed by atoms with Crippen molar-refractivity contribution in [2.75, 3.05) is 39.6 Å². The standard InChI is InChI=1S/C12H26O5Si.C8H14O2/c1-4-15-18(16-5-2,17-6-3)9-7-8-13-10-12-11-14-12;1-4-7(5-2)10-8(9)6-3/h12H,4-11H2,1-3H3;6-7H,3-5H2,1-2H3. The summed E-state index contributed by atoms with van der Waals surface area (Å²) in [7, 11) is -2.47. The molecule has 0 aliphatic carbocycles. The number of hydrogen-bond donors (Lipinski definition) is 0. The quantitative estimate of drug-likeness (QED) is 0.124. The highest BCUT2D eigenvalue weighted by Crippen LogP contribution is 2.18. The molecule has 0 N–H and O–H groups in total. The van der Waals surface area contributed by atoms with Crippen LogP contribution in [-0.4, -0.2) is 66.6 Å². The highest BCUT2D eigenvalue weighted by Gasteiger charge is 2.39. The Morgan fingerprint density at radius 1 is 1.11 bits per heavy atom. The molecule has 1 fully saturated rings. The predicted octanol–water partition coefficient (Wildman–Crippen LogP) is 3.74. The Morgan fingerprint density at radius 3 is 2.04 bits per heavy atom. The van der Waals surface area contributed by atoms with E-state index in [2.05, 4.69) is 6.58 Å². The smallest absolute Gasteiger partial charge is 0.459 e. The molecule has 0 aromatic heterocycles. The largest absolute Gasteiger partial charge is 0.501 e. The molecule has 1 rings (SSSR count). The first kappa shape index (κ1) is 27.2. The maximum Gasteiger partial charge on any atom is 0.501 e. The maximum absolute atomic E-state index is 10.6. The number of rotatable bonds is 16. The molecule has 1 aliphatic heterocycles. The van der Waals surface area contributed by atoms with Gasteiger partial charge in [0.25, 0.3) is 0 Å². The van der Waals surface area contributed by atoms with E-state index < -0.39 is 8.80 Å². The fraction of sp³-hybridized carbons (Fsp3) is 0.850. The van der Waals surface area contributed by atoms with Crippen LogP contribution in [0.5, 0.6) is 0 Å². The van der Waals surface area contributed by atoms with Gasteiger partial charge >= 0.3 is 14.8 Å². The monoisotopic (exact) mass is 420 g/mol. The average Bonchev–Trinajstić information content (AvgIpc) is 3.51. The normalized spacial score (nSPS) is 15.7. The zero-order valence-corrected chi connectivity index (χ0v) is 19.4. The Hall–Kier alpha value is -0.773. The zero-order valence-electron chi connectivity index (χ0n) is 18.4. The molecular weight excluding hydrogens is 380 g/mol. The summed E-state index contributed by atoms with van der Waals surface area (Å²) in [5.74, 6) is -0.325. The minimum atomic E-state index is -2.47. The second-order valence-electron chi connectivity index (χ2n) is 6.20. The van der Waals surface area contributed by atoms with Crippen LogP contribution >= 0.6 is 0 Å². The maximum atomic E-state index is 10.6. The average molecular weight is 421 g/mol. The van der Waals surface area contributed by atoms with Gasteiger partial charge in [-0.1, -0.05) is 20.4 Å². The third-order valence-electron chi connectivity index (χ3n) is 3.93. The van der Waals surface area contributed by atoms with Crippen molar-refractivity contribution in [3.8, 4) is 0 Å². The topological polar surface area (TPSA) is 75.8 Å². The van der Waals surface area contributed by atoms with Crippen LogP contribution < -0.4 is 0 Å². The van der Waals surface area contributed by atoms with E-state index in [0.29, 0.717) is 39.1 Å². The highest BCUT2D eigenvalue weighted by molar-refractivity contribution is 6.60. The Labute approximate surface area is 172 Å². The van der Waals surface area contributed by atoms with Crippen molar-refractivity contribution >= 4 is 14.8 Å². The highest BCUT2D eigenvalue weighted by atomic mass is 28.4. The second kappa shape index (κ2) is 17.1. The van der Waals surface area contributed by atoms with E-state index in [1.54, 1.807) is 0 Å². The predicted molar refractivity (Wildman–Crippen MR) is 111 cm³/mol. The number of epoxide rings is 1. The fourth-order valence-electron chi connectivity index (χ4n) is 2.44. The first-order chi connectivity index (χ1) is 13.5. The summed E-state index contributed by atoms with van der Waals surface area (Å²) >= 11 is 0. The van der Waals surface area contributed by atoms with Crippen molar-refractivity contribution < 1.29 is 32.3 Å². The molecule has 0 saturated carbocycles.